The summed E-state index contributed by atoms with van der Waals surface area (Å²) in [7, 11) is 0. The molecule has 1 fully saturated rings. The summed E-state index contributed by atoms with van der Waals surface area (Å²) in [5, 5.41) is 3.04. The minimum atomic E-state index is -0.0836. The molecular weight excluding hydrogens is 338 g/mol. The van der Waals surface area contributed by atoms with Crippen molar-refractivity contribution in [3.8, 4) is 0 Å². The summed E-state index contributed by atoms with van der Waals surface area (Å²) in [6, 6.07) is 9.62. The van der Waals surface area contributed by atoms with Crippen molar-refractivity contribution in [1.29, 1.82) is 0 Å². The molecule has 0 unspecified atom stereocenters. The van der Waals surface area contributed by atoms with Gasteiger partial charge in [0, 0.05) is 24.6 Å². The van der Waals surface area contributed by atoms with Gasteiger partial charge in [0.15, 0.2) is 0 Å². The van der Waals surface area contributed by atoms with Crippen LogP contribution in [0.5, 0.6) is 0 Å². The minimum Gasteiger partial charge on any atom is -0.317 e. The smallest absolute Gasteiger partial charge is 0.317 e. The Balaban J connectivity index is 1.57. The van der Waals surface area contributed by atoms with Gasteiger partial charge >= 0.3 is 6.03 Å². The van der Waals surface area contributed by atoms with Crippen molar-refractivity contribution >= 4 is 22.8 Å². The summed E-state index contributed by atoms with van der Waals surface area (Å²) in [4.78, 5) is 28.2. The first-order valence-corrected chi connectivity index (χ1v) is 9.34. The van der Waals surface area contributed by atoms with Crippen molar-refractivity contribution in [1.82, 2.24) is 19.9 Å². The fourth-order valence-electron chi connectivity index (χ4n) is 3.60. The maximum atomic E-state index is 13.0. The van der Waals surface area contributed by atoms with Crippen molar-refractivity contribution in [3.05, 3.63) is 59.7 Å². The summed E-state index contributed by atoms with van der Waals surface area (Å²) >= 11 is 0. The van der Waals surface area contributed by atoms with Gasteiger partial charge in [0.2, 0.25) is 0 Å². The normalized spacial score (nSPS) is 17.1. The topological polar surface area (TPSA) is 71.0 Å². The lowest BCUT2D eigenvalue weighted by Gasteiger charge is -2.35. The van der Waals surface area contributed by atoms with Crippen LogP contribution in [0.3, 0.4) is 0 Å². The van der Waals surface area contributed by atoms with E-state index < -0.39 is 0 Å². The molecule has 6 nitrogen and oxygen atoms in total. The molecule has 0 radical (unpaired) electrons. The SMILES string of the molecule is Cc1nc2ccc(NC(=O)N3CCCC[C@@H]3c3cccnc3)cc2nc1C. The van der Waals surface area contributed by atoms with Crippen molar-refractivity contribution in [2.75, 3.05) is 11.9 Å². The van der Waals surface area contributed by atoms with E-state index in [-0.39, 0.29) is 12.1 Å². The van der Waals surface area contributed by atoms with Crippen molar-refractivity contribution < 1.29 is 4.79 Å². The molecule has 1 N–H and O–H groups in total. The van der Waals surface area contributed by atoms with E-state index in [2.05, 4.69) is 20.3 Å². The van der Waals surface area contributed by atoms with Crippen LogP contribution in [0.15, 0.2) is 42.7 Å². The van der Waals surface area contributed by atoms with Crippen LogP contribution in [0, 0.1) is 13.8 Å². The summed E-state index contributed by atoms with van der Waals surface area (Å²) in [6.45, 7) is 4.64. The third kappa shape index (κ3) is 3.60. The van der Waals surface area contributed by atoms with Gasteiger partial charge in [0.25, 0.3) is 0 Å². The molecule has 0 spiro atoms. The number of aryl methyl sites for hydroxylation is 2. The second-order valence-corrected chi connectivity index (χ2v) is 7.02. The third-order valence-corrected chi connectivity index (χ3v) is 5.16. The number of anilines is 1. The van der Waals surface area contributed by atoms with E-state index >= 15 is 0 Å². The maximum absolute atomic E-state index is 13.0. The highest BCUT2D eigenvalue weighted by molar-refractivity contribution is 5.92. The summed E-state index contributed by atoms with van der Waals surface area (Å²) in [6.07, 6.45) is 6.71. The molecule has 2 amide bonds. The average Bonchev–Trinajstić information content (AvgIpc) is 2.70. The molecular formula is C21H23N5O. The predicted molar refractivity (Wildman–Crippen MR) is 106 cm³/mol. The second kappa shape index (κ2) is 7.31. The number of benzene rings is 1. The monoisotopic (exact) mass is 361 g/mol. The molecule has 1 atom stereocenters. The molecule has 1 saturated heterocycles. The van der Waals surface area contributed by atoms with Gasteiger partial charge < -0.3 is 10.2 Å². The quantitative estimate of drug-likeness (QED) is 0.734. The number of piperidine rings is 1. The van der Waals surface area contributed by atoms with Crippen molar-refractivity contribution in [3.63, 3.8) is 0 Å². The first-order chi connectivity index (χ1) is 13.1. The number of hydrogen-bond donors (Lipinski definition) is 1. The third-order valence-electron chi connectivity index (χ3n) is 5.16. The molecule has 1 aliphatic rings. The van der Waals surface area contributed by atoms with Crippen LogP contribution in [0.1, 0.15) is 42.3 Å². The zero-order valence-electron chi connectivity index (χ0n) is 15.6. The zero-order chi connectivity index (χ0) is 18.8. The lowest BCUT2D eigenvalue weighted by atomic mass is 9.97. The summed E-state index contributed by atoms with van der Waals surface area (Å²) in [5.74, 6) is 0. The molecule has 0 aliphatic carbocycles. The first-order valence-electron chi connectivity index (χ1n) is 9.34. The average molecular weight is 361 g/mol. The number of aromatic nitrogens is 3. The van der Waals surface area contributed by atoms with Crippen LogP contribution in [0.25, 0.3) is 11.0 Å². The molecule has 3 aromatic rings. The van der Waals surface area contributed by atoms with Crippen LogP contribution < -0.4 is 5.32 Å². The van der Waals surface area contributed by atoms with E-state index in [1.807, 2.05) is 55.3 Å². The maximum Gasteiger partial charge on any atom is 0.322 e. The van der Waals surface area contributed by atoms with Crippen LogP contribution in [-0.4, -0.2) is 32.4 Å². The van der Waals surface area contributed by atoms with Crippen LogP contribution >= 0.6 is 0 Å². The molecule has 2 aromatic heterocycles. The van der Waals surface area contributed by atoms with Gasteiger partial charge in [-0.1, -0.05) is 6.07 Å². The second-order valence-electron chi connectivity index (χ2n) is 7.02. The number of hydrogen-bond acceptors (Lipinski definition) is 4. The lowest BCUT2D eigenvalue weighted by molar-refractivity contribution is 0.163. The number of likely N-dealkylation sites (tertiary alicyclic amines) is 1. The largest absolute Gasteiger partial charge is 0.322 e. The molecule has 27 heavy (non-hydrogen) atoms. The van der Waals surface area contributed by atoms with Crippen LogP contribution in [0.4, 0.5) is 10.5 Å². The Hall–Kier alpha value is -3.02. The highest BCUT2D eigenvalue weighted by Gasteiger charge is 2.28. The zero-order valence-corrected chi connectivity index (χ0v) is 15.6. The minimum absolute atomic E-state index is 0.0672. The number of carbonyl (C=O) groups is 1. The number of nitrogens with one attached hydrogen (secondary N) is 1. The molecule has 6 heteroatoms. The van der Waals surface area contributed by atoms with Gasteiger partial charge in [0.05, 0.1) is 28.5 Å². The number of rotatable bonds is 2. The van der Waals surface area contributed by atoms with Gasteiger partial charge in [-0.25, -0.2) is 14.8 Å². The fraction of sp³-hybridized carbons (Fsp3) is 0.333. The van der Waals surface area contributed by atoms with Gasteiger partial charge in [-0.2, -0.15) is 0 Å². The van der Waals surface area contributed by atoms with E-state index in [1.54, 1.807) is 6.20 Å². The number of nitrogens with zero attached hydrogens (tertiary/aromatic N) is 4. The standard InChI is InChI=1S/C21H23N5O/c1-14-15(2)24-19-12-17(8-9-18(19)23-14)25-21(27)26-11-4-3-7-20(26)16-6-5-10-22-13-16/h5-6,8-10,12-13,20H,3-4,7,11H2,1-2H3,(H,25,27)/t20-/m1/s1. The lowest BCUT2D eigenvalue weighted by Crippen LogP contribution is -2.41. The Morgan fingerprint density at radius 3 is 2.70 bits per heavy atom. The molecule has 3 heterocycles. The van der Waals surface area contributed by atoms with E-state index in [0.29, 0.717) is 0 Å². The summed E-state index contributed by atoms with van der Waals surface area (Å²) < 4.78 is 0. The van der Waals surface area contributed by atoms with Crippen LogP contribution in [0.2, 0.25) is 0 Å². The fourth-order valence-corrected chi connectivity index (χ4v) is 3.60. The molecule has 1 aromatic carbocycles. The Bertz CT molecular complexity index is 973. The molecule has 1 aliphatic heterocycles. The van der Waals surface area contributed by atoms with Gasteiger partial charge in [-0.3, -0.25) is 4.98 Å². The van der Waals surface area contributed by atoms with E-state index in [9.17, 15) is 4.79 Å². The number of carbonyl (C=O) groups excluding carboxylic acids is 1. The Kier molecular flexibility index (Phi) is 4.71. The van der Waals surface area contributed by atoms with Gasteiger partial charge in [0.1, 0.15) is 0 Å². The van der Waals surface area contributed by atoms with Gasteiger partial charge in [-0.05, 0) is 62.9 Å². The highest BCUT2D eigenvalue weighted by Crippen LogP contribution is 2.31. The number of urea groups is 1. The molecule has 138 valence electrons. The number of pyridine rings is 1. The van der Waals surface area contributed by atoms with E-state index in [0.717, 1.165) is 59.5 Å². The number of fused-ring (bicyclic) bond motifs is 1. The van der Waals surface area contributed by atoms with E-state index in [4.69, 9.17) is 0 Å². The Morgan fingerprint density at radius 1 is 1.11 bits per heavy atom. The van der Waals surface area contributed by atoms with Crippen LogP contribution in [-0.2, 0) is 0 Å². The van der Waals surface area contributed by atoms with Crippen molar-refractivity contribution in [2.24, 2.45) is 0 Å². The highest BCUT2D eigenvalue weighted by atomic mass is 16.2. The predicted octanol–water partition coefficient (Wildman–Crippen LogP) is 4.40. The molecule has 0 bridgehead atoms. The van der Waals surface area contributed by atoms with Crippen molar-refractivity contribution in [2.45, 2.75) is 39.2 Å². The Labute approximate surface area is 158 Å². The summed E-state index contributed by atoms with van der Waals surface area (Å²) in [5.41, 5.74) is 5.27. The first kappa shape index (κ1) is 17.4. The Morgan fingerprint density at radius 2 is 1.93 bits per heavy atom. The van der Waals surface area contributed by atoms with Gasteiger partial charge in [-0.15, -0.1) is 0 Å². The molecule has 4 rings (SSSR count). The number of amides is 2. The van der Waals surface area contributed by atoms with E-state index in [1.165, 1.54) is 0 Å². The molecule has 0 saturated carbocycles.